The van der Waals surface area contributed by atoms with Gasteiger partial charge in [-0.3, -0.25) is 4.79 Å². The molecule has 1 aliphatic carbocycles. The fraction of sp³-hybridized carbons (Fsp3) is 0.625. The number of hydrogen-bond donors (Lipinski definition) is 2. The molecule has 2 fully saturated rings. The van der Waals surface area contributed by atoms with E-state index in [0.29, 0.717) is 5.82 Å². The van der Waals surface area contributed by atoms with Gasteiger partial charge in [0.2, 0.25) is 5.91 Å². The molecule has 0 bridgehead atoms. The lowest BCUT2D eigenvalue weighted by molar-refractivity contribution is -0.222. The first-order valence-corrected chi connectivity index (χ1v) is 7.53. The van der Waals surface area contributed by atoms with E-state index in [1.54, 1.807) is 6.07 Å². The van der Waals surface area contributed by atoms with Gasteiger partial charge in [0, 0.05) is 23.6 Å². The number of ether oxygens (including phenoxy) is 1. The van der Waals surface area contributed by atoms with Crippen molar-refractivity contribution in [1.82, 2.24) is 4.98 Å². The SMILES string of the molecule is Cc1cccc(NC(=O)C2(N)C3CCCOC3C2(C)C)n1.Cl.Cl. The van der Waals surface area contributed by atoms with Crippen molar-refractivity contribution in [2.24, 2.45) is 17.1 Å². The Labute approximate surface area is 149 Å². The minimum absolute atomic E-state index is 0. The van der Waals surface area contributed by atoms with E-state index in [4.69, 9.17) is 10.5 Å². The molecule has 5 nitrogen and oxygen atoms in total. The molecule has 0 aromatic carbocycles. The smallest absolute Gasteiger partial charge is 0.246 e. The Balaban J connectivity index is 0.00000132. The van der Waals surface area contributed by atoms with Crippen LogP contribution in [-0.2, 0) is 9.53 Å². The van der Waals surface area contributed by atoms with Crippen molar-refractivity contribution in [2.45, 2.75) is 45.3 Å². The molecule has 0 radical (unpaired) electrons. The van der Waals surface area contributed by atoms with Crippen molar-refractivity contribution < 1.29 is 9.53 Å². The number of hydrogen-bond acceptors (Lipinski definition) is 4. The van der Waals surface area contributed by atoms with Crippen LogP contribution in [0.2, 0.25) is 0 Å². The third-order valence-corrected chi connectivity index (χ3v) is 5.19. The molecule has 3 N–H and O–H groups in total. The molecule has 2 heterocycles. The van der Waals surface area contributed by atoms with Gasteiger partial charge in [0.1, 0.15) is 11.4 Å². The predicted molar refractivity (Wildman–Crippen MR) is 95.3 cm³/mol. The van der Waals surface area contributed by atoms with Crippen molar-refractivity contribution in [3.63, 3.8) is 0 Å². The van der Waals surface area contributed by atoms with Crippen molar-refractivity contribution in [1.29, 1.82) is 0 Å². The zero-order valence-corrected chi connectivity index (χ0v) is 15.3. The number of anilines is 1. The highest BCUT2D eigenvalue weighted by molar-refractivity contribution is 5.99. The molecular weight excluding hydrogens is 337 g/mol. The van der Waals surface area contributed by atoms with Crippen LogP contribution in [0.25, 0.3) is 0 Å². The van der Waals surface area contributed by atoms with Gasteiger partial charge >= 0.3 is 0 Å². The van der Waals surface area contributed by atoms with Crippen LogP contribution in [0.1, 0.15) is 32.4 Å². The first-order valence-electron chi connectivity index (χ1n) is 7.53. The summed E-state index contributed by atoms with van der Waals surface area (Å²) in [6, 6.07) is 5.56. The molecule has 3 unspecified atom stereocenters. The molecule has 1 aromatic rings. The number of aromatic nitrogens is 1. The Kier molecular flexibility index (Phi) is 6.08. The number of pyridine rings is 1. The quantitative estimate of drug-likeness (QED) is 0.848. The molecule has 3 rings (SSSR count). The Morgan fingerprint density at radius 2 is 2.09 bits per heavy atom. The van der Waals surface area contributed by atoms with Gasteiger partial charge in [0.15, 0.2) is 0 Å². The molecule has 3 atom stereocenters. The van der Waals surface area contributed by atoms with E-state index in [1.807, 2.05) is 32.9 Å². The second kappa shape index (κ2) is 6.93. The predicted octanol–water partition coefficient (Wildman–Crippen LogP) is 2.70. The number of nitrogens with one attached hydrogen (secondary N) is 1. The molecule has 1 aliphatic heterocycles. The Bertz CT molecular complexity index is 582. The molecular formula is C16H25Cl2N3O2. The first kappa shape index (κ1) is 20.2. The fourth-order valence-electron chi connectivity index (χ4n) is 3.87. The highest BCUT2D eigenvalue weighted by Crippen LogP contribution is 2.57. The van der Waals surface area contributed by atoms with E-state index < -0.39 is 5.54 Å². The third-order valence-electron chi connectivity index (χ3n) is 5.19. The number of fused-ring (bicyclic) bond motifs is 1. The van der Waals surface area contributed by atoms with Crippen LogP contribution < -0.4 is 11.1 Å². The van der Waals surface area contributed by atoms with Crippen molar-refractivity contribution in [2.75, 3.05) is 11.9 Å². The van der Waals surface area contributed by atoms with Crippen LogP contribution in [0.4, 0.5) is 5.82 Å². The number of rotatable bonds is 2. The highest BCUT2D eigenvalue weighted by atomic mass is 35.5. The van der Waals surface area contributed by atoms with E-state index in [1.165, 1.54) is 0 Å². The molecule has 130 valence electrons. The van der Waals surface area contributed by atoms with Crippen LogP contribution in [0.3, 0.4) is 0 Å². The van der Waals surface area contributed by atoms with Crippen LogP contribution in [-0.4, -0.2) is 29.1 Å². The Morgan fingerprint density at radius 1 is 1.39 bits per heavy atom. The first-order chi connectivity index (χ1) is 9.87. The van der Waals surface area contributed by atoms with Crippen molar-refractivity contribution in [3.8, 4) is 0 Å². The lowest BCUT2D eigenvalue weighted by atomic mass is 9.46. The summed E-state index contributed by atoms with van der Waals surface area (Å²) in [6.45, 7) is 6.69. The van der Waals surface area contributed by atoms with Crippen LogP contribution in [0.15, 0.2) is 18.2 Å². The minimum atomic E-state index is -0.899. The summed E-state index contributed by atoms with van der Waals surface area (Å²) >= 11 is 0. The number of carbonyl (C=O) groups is 1. The van der Waals surface area contributed by atoms with E-state index >= 15 is 0 Å². The average Bonchev–Trinajstić information content (AvgIpc) is 2.46. The van der Waals surface area contributed by atoms with Gasteiger partial charge in [-0.15, -0.1) is 24.8 Å². The lowest BCUT2D eigenvalue weighted by Gasteiger charge is -2.65. The summed E-state index contributed by atoms with van der Waals surface area (Å²) in [4.78, 5) is 17.1. The monoisotopic (exact) mass is 361 g/mol. The number of amides is 1. The second-order valence-corrected chi connectivity index (χ2v) is 6.75. The maximum atomic E-state index is 12.8. The summed E-state index contributed by atoms with van der Waals surface area (Å²) in [5.41, 5.74) is 6.14. The van der Waals surface area contributed by atoms with E-state index in [2.05, 4.69) is 10.3 Å². The molecule has 1 saturated heterocycles. The number of nitrogens with zero attached hydrogens (tertiary/aromatic N) is 1. The Hall–Kier alpha value is -0.880. The lowest BCUT2D eigenvalue weighted by Crippen LogP contribution is -2.81. The summed E-state index contributed by atoms with van der Waals surface area (Å²) in [5.74, 6) is 0.490. The molecule has 1 aromatic heterocycles. The summed E-state index contributed by atoms with van der Waals surface area (Å²) in [6.07, 6.45) is 1.98. The van der Waals surface area contributed by atoms with Crippen LogP contribution in [0.5, 0.6) is 0 Å². The minimum Gasteiger partial charge on any atom is -0.377 e. The van der Waals surface area contributed by atoms with Gasteiger partial charge in [-0.2, -0.15) is 0 Å². The van der Waals surface area contributed by atoms with Gasteiger partial charge in [-0.05, 0) is 31.9 Å². The zero-order chi connectivity index (χ0) is 15.3. The van der Waals surface area contributed by atoms with E-state index in [-0.39, 0.29) is 48.2 Å². The van der Waals surface area contributed by atoms with Gasteiger partial charge in [-0.1, -0.05) is 19.9 Å². The molecule has 1 saturated carbocycles. The van der Waals surface area contributed by atoms with Gasteiger partial charge < -0.3 is 15.8 Å². The van der Waals surface area contributed by atoms with Gasteiger partial charge in [-0.25, -0.2) is 4.98 Å². The zero-order valence-electron chi connectivity index (χ0n) is 13.7. The second-order valence-electron chi connectivity index (χ2n) is 6.75. The van der Waals surface area contributed by atoms with E-state index in [0.717, 1.165) is 25.1 Å². The molecule has 0 spiro atoms. The van der Waals surface area contributed by atoms with Crippen LogP contribution in [0, 0.1) is 18.3 Å². The molecule has 1 amide bonds. The van der Waals surface area contributed by atoms with Crippen molar-refractivity contribution >= 4 is 36.5 Å². The summed E-state index contributed by atoms with van der Waals surface area (Å²) in [5, 5.41) is 2.88. The molecule has 2 aliphatic rings. The average molecular weight is 362 g/mol. The highest BCUT2D eigenvalue weighted by Gasteiger charge is 2.70. The number of halogens is 2. The normalized spacial score (nSPS) is 30.8. The number of carbonyl (C=O) groups excluding carboxylic acids is 1. The molecule has 23 heavy (non-hydrogen) atoms. The topological polar surface area (TPSA) is 77.2 Å². The summed E-state index contributed by atoms with van der Waals surface area (Å²) < 4.78 is 5.83. The standard InChI is InChI=1S/C16H23N3O2.2ClH/c1-10-6-4-8-12(18-10)19-14(20)16(17)11-7-5-9-21-13(11)15(16,2)3;;/h4,6,8,11,13H,5,7,9,17H2,1-3H3,(H,18,19,20);2*1H. The molecule has 7 heteroatoms. The fourth-order valence-corrected chi connectivity index (χ4v) is 3.87. The van der Waals surface area contributed by atoms with Crippen molar-refractivity contribution in [3.05, 3.63) is 23.9 Å². The van der Waals surface area contributed by atoms with Crippen LogP contribution >= 0.6 is 24.8 Å². The summed E-state index contributed by atoms with van der Waals surface area (Å²) in [7, 11) is 0. The Morgan fingerprint density at radius 3 is 2.74 bits per heavy atom. The third kappa shape index (κ3) is 2.95. The van der Waals surface area contributed by atoms with E-state index in [9.17, 15) is 4.79 Å². The largest absolute Gasteiger partial charge is 0.377 e. The maximum absolute atomic E-state index is 12.8. The maximum Gasteiger partial charge on any atom is 0.246 e. The van der Waals surface area contributed by atoms with Gasteiger partial charge in [0.25, 0.3) is 0 Å². The van der Waals surface area contributed by atoms with Gasteiger partial charge in [0.05, 0.1) is 6.10 Å². The number of aryl methyl sites for hydroxylation is 1. The number of nitrogens with two attached hydrogens (primary N) is 1.